The van der Waals surface area contributed by atoms with E-state index in [0.29, 0.717) is 11.7 Å². The summed E-state index contributed by atoms with van der Waals surface area (Å²) in [7, 11) is 6.16. The van der Waals surface area contributed by atoms with E-state index in [-0.39, 0.29) is 5.97 Å². The van der Waals surface area contributed by atoms with Gasteiger partial charge in [0.1, 0.15) is 0 Å². The molecule has 1 aromatic carbocycles. The van der Waals surface area contributed by atoms with Crippen molar-refractivity contribution in [1.82, 2.24) is 0 Å². The van der Waals surface area contributed by atoms with Gasteiger partial charge in [-0.2, -0.15) is 0 Å². The van der Waals surface area contributed by atoms with Crippen LogP contribution in [-0.4, -0.2) is 5.97 Å². The van der Waals surface area contributed by atoms with Crippen molar-refractivity contribution in [2.75, 3.05) is 0 Å². The number of hydrogen-bond acceptors (Lipinski definition) is 2. The molecule has 0 radical (unpaired) electrons. The molecule has 88 valence electrons. The Hall–Kier alpha value is -0.345. The molecule has 1 aromatic rings. The predicted molar refractivity (Wildman–Crippen MR) is 65.8 cm³/mol. The average Bonchev–Trinajstić information content (AvgIpc) is 2.29. The van der Waals surface area contributed by atoms with Gasteiger partial charge in [-0.25, -0.2) is 0 Å². The normalized spacial score (nSPS) is 11.8. The van der Waals surface area contributed by atoms with Crippen molar-refractivity contribution in [2.24, 2.45) is 5.92 Å². The summed E-state index contributed by atoms with van der Waals surface area (Å²) in [5.74, 6) is 0.731. The summed E-state index contributed by atoms with van der Waals surface area (Å²) in [5, 5.41) is 0. The van der Waals surface area contributed by atoms with Crippen LogP contribution in [0.2, 0.25) is 0 Å². The molecule has 0 saturated heterocycles. The maximum absolute atomic E-state index is 11.2. The van der Waals surface area contributed by atoms with Crippen LogP contribution in [0.25, 0.3) is 5.76 Å². The van der Waals surface area contributed by atoms with E-state index >= 15 is 0 Å². The Bertz CT molecular complexity index is 413. The topological polar surface area (TPSA) is 26.3 Å². The monoisotopic (exact) mass is 440 g/mol. The molecule has 4 heteroatoms. The summed E-state index contributed by atoms with van der Waals surface area (Å²) in [6.45, 7) is 5.60. The first-order chi connectivity index (χ1) is 8.06. The quantitative estimate of drug-likeness (QED) is 0.405. The van der Waals surface area contributed by atoms with Gasteiger partial charge in [0.05, 0.1) is 0 Å². The number of carbonyl (C=O) groups excluding carboxylic acids is 1. The summed E-state index contributed by atoms with van der Waals surface area (Å²) in [5.41, 5.74) is 0.937. The van der Waals surface area contributed by atoms with Crippen molar-refractivity contribution < 1.29 is 32.9 Å². The molecule has 0 aliphatic heterocycles. The number of hydrogen-bond donors (Lipinski definition) is 0. The molecule has 0 N–H and O–H groups in total. The molecule has 0 aromatic heterocycles. The second-order valence-corrected chi connectivity index (χ2v) is 10.4. The van der Waals surface area contributed by atoms with Gasteiger partial charge in [-0.15, -0.1) is 0 Å². The zero-order valence-electron chi connectivity index (χ0n) is 10.4. The van der Waals surface area contributed by atoms with Gasteiger partial charge >= 0.3 is 119 Å². The molecular weight excluding hydrogens is 424 g/mol. The summed E-state index contributed by atoms with van der Waals surface area (Å²) in [6.07, 6.45) is 0. The maximum atomic E-state index is 11.2. The van der Waals surface area contributed by atoms with Gasteiger partial charge in [0, 0.05) is 0 Å². The van der Waals surface area contributed by atoms with Crippen LogP contribution in [0.4, 0.5) is 0 Å². The third kappa shape index (κ3) is 4.44. The second-order valence-electron chi connectivity index (χ2n) is 4.10. The molecule has 0 bridgehead atoms. The third-order valence-corrected chi connectivity index (χ3v) is 10.5. The van der Waals surface area contributed by atoms with Crippen LogP contribution in [0.3, 0.4) is 0 Å². The van der Waals surface area contributed by atoms with Crippen molar-refractivity contribution in [3.05, 3.63) is 39.0 Å². The molecule has 0 spiro atoms. The van der Waals surface area contributed by atoms with E-state index < -0.39 is 23.3 Å². The van der Waals surface area contributed by atoms with E-state index in [0.717, 1.165) is 8.65 Å². The Morgan fingerprint density at radius 2 is 1.88 bits per heavy atom. The van der Waals surface area contributed by atoms with Crippen molar-refractivity contribution in [2.45, 2.75) is 20.8 Å². The molecule has 0 amide bonds. The Morgan fingerprint density at radius 3 is 2.29 bits per heavy atom. The molecule has 2 nitrogen and oxygen atoms in total. The number of ether oxygens (including phenoxy) is 1. The van der Waals surface area contributed by atoms with E-state index in [4.69, 9.17) is 13.0 Å². The van der Waals surface area contributed by atoms with Crippen LogP contribution in [0, 0.1) is 5.92 Å². The molecule has 0 unspecified atom stereocenters. The Morgan fingerprint density at radius 1 is 1.29 bits per heavy atom. The van der Waals surface area contributed by atoms with Gasteiger partial charge in [0.15, 0.2) is 0 Å². The molecule has 1 rings (SSSR count). The van der Waals surface area contributed by atoms with Crippen molar-refractivity contribution >= 4 is 20.0 Å². The predicted octanol–water partition coefficient (Wildman–Crippen LogP) is 3.81. The van der Waals surface area contributed by atoms with Crippen LogP contribution >= 0.6 is 8.25 Å². The van der Waals surface area contributed by atoms with Gasteiger partial charge < -0.3 is 0 Å². The zero-order chi connectivity index (χ0) is 12.8. The first kappa shape index (κ1) is 14.7. The van der Waals surface area contributed by atoms with Gasteiger partial charge in [0.2, 0.25) is 0 Å². The van der Waals surface area contributed by atoms with E-state index in [1.165, 1.54) is 6.92 Å². The summed E-state index contributed by atoms with van der Waals surface area (Å²) in [6, 6.07) is 9.70. The fraction of sp³-hybridized carbons (Fsp3) is 0.308. The van der Waals surface area contributed by atoms with Crippen LogP contribution in [-0.2, 0) is 32.9 Å². The van der Waals surface area contributed by atoms with E-state index in [9.17, 15) is 4.79 Å². The number of benzene rings is 1. The zero-order valence-corrected chi connectivity index (χ0v) is 16.6. The molecular formula is C13H15ClHgO2. The standard InChI is InChI=1S/C13H15O2.ClH.Hg/c1-10(2)9-13(15-11(3)14)12-7-5-4-6-8-12;;/h4-8,10H,1-3H3;1H;/q;;+1/p-1. The number of carbonyl (C=O) groups is 1. The van der Waals surface area contributed by atoms with E-state index in [2.05, 4.69) is 13.8 Å². The third-order valence-electron chi connectivity index (χ3n) is 2.41. The number of halogens is 1. The van der Waals surface area contributed by atoms with Crippen molar-refractivity contribution in [3.8, 4) is 0 Å². The van der Waals surface area contributed by atoms with Gasteiger partial charge in [-0.1, -0.05) is 0 Å². The average molecular weight is 439 g/mol. The van der Waals surface area contributed by atoms with Crippen molar-refractivity contribution in [1.29, 1.82) is 0 Å². The van der Waals surface area contributed by atoms with E-state index in [1.54, 1.807) is 0 Å². The number of rotatable bonds is 4. The van der Waals surface area contributed by atoms with Crippen molar-refractivity contribution in [3.63, 3.8) is 0 Å². The van der Waals surface area contributed by atoms with Crippen LogP contribution in [0.5, 0.6) is 0 Å². The SMILES string of the molecule is CC(=O)O/C(=[C](/[Hg][Cl])C(C)C)c1ccccc1. The molecule has 0 atom stereocenters. The minimum absolute atomic E-state index is 0.291. The Balaban J connectivity index is 3.24. The summed E-state index contributed by atoms with van der Waals surface area (Å²) >= 11 is -1.62. The van der Waals surface area contributed by atoms with E-state index in [1.807, 2.05) is 30.3 Å². The molecule has 0 saturated carbocycles. The summed E-state index contributed by atoms with van der Waals surface area (Å²) in [4.78, 5) is 11.2. The number of allylic oxidation sites excluding steroid dienone is 1. The first-order valence-corrected chi connectivity index (χ1v) is 15.1. The molecule has 0 heterocycles. The fourth-order valence-corrected chi connectivity index (χ4v) is 8.04. The molecule has 0 aliphatic carbocycles. The minimum atomic E-state index is -1.62. The number of esters is 1. The van der Waals surface area contributed by atoms with Crippen LogP contribution in [0.15, 0.2) is 33.4 Å². The summed E-state index contributed by atoms with van der Waals surface area (Å²) < 4.78 is 6.52. The Kier molecular flexibility index (Phi) is 6.21. The van der Waals surface area contributed by atoms with Gasteiger partial charge in [0.25, 0.3) is 0 Å². The molecule has 17 heavy (non-hydrogen) atoms. The van der Waals surface area contributed by atoms with Gasteiger partial charge in [-0.05, 0) is 0 Å². The fourth-order valence-electron chi connectivity index (χ4n) is 1.52. The second kappa shape index (κ2) is 7.17. The molecule has 0 fully saturated rings. The van der Waals surface area contributed by atoms with Crippen LogP contribution in [0.1, 0.15) is 26.3 Å². The molecule has 0 aliphatic rings. The first-order valence-electron chi connectivity index (χ1n) is 5.59. The Labute approximate surface area is 118 Å². The van der Waals surface area contributed by atoms with Crippen LogP contribution < -0.4 is 0 Å². The van der Waals surface area contributed by atoms with Gasteiger partial charge in [-0.3, -0.25) is 0 Å².